The number of likely N-dealkylation sites (tertiary alicyclic amines) is 1. The number of Topliss-reactive ketones (excluding diaryl/α,β-unsaturated/α-hetero) is 1. The summed E-state index contributed by atoms with van der Waals surface area (Å²) in [5.74, 6) is 1.02. The molecule has 0 aromatic carbocycles. The van der Waals surface area contributed by atoms with Gasteiger partial charge in [-0.1, -0.05) is 13.8 Å². The Morgan fingerprint density at radius 3 is 2.00 bits per heavy atom. The van der Waals surface area contributed by atoms with Crippen molar-refractivity contribution in [1.29, 1.82) is 0 Å². The van der Waals surface area contributed by atoms with E-state index in [1.54, 1.807) is 0 Å². The first-order valence-electron chi connectivity index (χ1n) is 5.80. The molecule has 0 aliphatic carbocycles. The maximum atomic E-state index is 11.8. The Morgan fingerprint density at radius 2 is 1.64 bits per heavy atom. The maximum Gasteiger partial charge on any atom is 0.138 e. The van der Waals surface area contributed by atoms with Gasteiger partial charge in [-0.3, -0.25) is 4.79 Å². The normalized spacial score (nSPS) is 20.7. The van der Waals surface area contributed by atoms with Gasteiger partial charge in [-0.15, -0.1) is 0 Å². The lowest BCUT2D eigenvalue weighted by Crippen LogP contribution is -2.40. The van der Waals surface area contributed by atoms with Crippen molar-refractivity contribution in [3.05, 3.63) is 0 Å². The van der Waals surface area contributed by atoms with Crippen LogP contribution in [0.2, 0.25) is 0 Å². The summed E-state index contributed by atoms with van der Waals surface area (Å²) in [6, 6.07) is 0.630. The zero-order valence-corrected chi connectivity index (χ0v) is 9.92. The fraction of sp³-hybridized carbons (Fsp3) is 0.917. The molecule has 0 N–H and O–H groups in total. The quantitative estimate of drug-likeness (QED) is 0.692. The minimum Gasteiger partial charge on any atom is -0.301 e. The zero-order valence-electron chi connectivity index (χ0n) is 9.92. The number of piperidine rings is 1. The van der Waals surface area contributed by atoms with Crippen molar-refractivity contribution in [2.75, 3.05) is 13.1 Å². The molecule has 0 aromatic rings. The Hall–Kier alpha value is -0.370. The van der Waals surface area contributed by atoms with Crippen molar-refractivity contribution in [2.24, 2.45) is 11.8 Å². The Kier molecular flexibility index (Phi) is 4.11. The molecule has 1 aliphatic rings. The van der Waals surface area contributed by atoms with Gasteiger partial charge in [-0.05, 0) is 39.8 Å². The van der Waals surface area contributed by atoms with E-state index in [-0.39, 0.29) is 5.92 Å². The molecule has 0 atom stereocenters. The van der Waals surface area contributed by atoms with Crippen LogP contribution in [0.5, 0.6) is 0 Å². The second-order valence-corrected chi connectivity index (χ2v) is 4.96. The minimum absolute atomic E-state index is 0.214. The number of rotatable bonds is 3. The van der Waals surface area contributed by atoms with Gasteiger partial charge in [-0.25, -0.2) is 0 Å². The highest BCUT2D eigenvalue weighted by Crippen LogP contribution is 2.22. The number of hydrogen-bond donors (Lipinski definition) is 0. The third-order valence-corrected chi connectivity index (χ3v) is 3.23. The SMILES string of the molecule is CC(C)C(=O)C1CCN(C(C)C)CC1. The lowest BCUT2D eigenvalue weighted by molar-refractivity contribution is -0.127. The van der Waals surface area contributed by atoms with Gasteiger partial charge in [-0.2, -0.15) is 0 Å². The van der Waals surface area contributed by atoms with Crippen LogP contribution in [-0.2, 0) is 4.79 Å². The molecule has 82 valence electrons. The molecule has 0 unspecified atom stereocenters. The molecule has 1 rings (SSSR count). The number of ketones is 1. The van der Waals surface area contributed by atoms with Crippen LogP contribution < -0.4 is 0 Å². The van der Waals surface area contributed by atoms with Crippen LogP contribution in [0.25, 0.3) is 0 Å². The van der Waals surface area contributed by atoms with E-state index in [4.69, 9.17) is 0 Å². The highest BCUT2D eigenvalue weighted by molar-refractivity contribution is 5.82. The highest BCUT2D eigenvalue weighted by atomic mass is 16.1. The summed E-state index contributed by atoms with van der Waals surface area (Å²) >= 11 is 0. The van der Waals surface area contributed by atoms with Crippen LogP contribution in [0, 0.1) is 11.8 Å². The second-order valence-electron chi connectivity index (χ2n) is 4.96. The van der Waals surface area contributed by atoms with Crippen LogP contribution in [0.1, 0.15) is 40.5 Å². The van der Waals surface area contributed by atoms with Gasteiger partial charge in [0.1, 0.15) is 5.78 Å². The molecule has 0 aromatic heterocycles. The number of hydrogen-bond acceptors (Lipinski definition) is 2. The van der Waals surface area contributed by atoms with Crippen molar-refractivity contribution in [1.82, 2.24) is 4.90 Å². The summed E-state index contributed by atoms with van der Waals surface area (Å²) < 4.78 is 0. The minimum atomic E-state index is 0.214. The number of carbonyl (C=O) groups is 1. The molecule has 1 fully saturated rings. The monoisotopic (exact) mass is 197 g/mol. The Balaban J connectivity index is 2.39. The summed E-state index contributed by atoms with van der Waals surface area (Å²) in [6.45, 7) is 10.7. The third kappa shape index (κ3) is 2.81. The molecule has 1 aliphatic heterocycles. The van der Waals surface area contributed by atoms with Gasteiger partial charge in [0.25, 0.3) is 0 Å². The first-order valence-corrected chi connectivity index (χ1v) is 5.80. The molecular weight excluding hydrogens is 174 g/mol. The van der Waals surface area contributed by atoms with Crippen LogP contribution in [0.4, 0.5) is 0 Å². The summed E-state index contributed by atoms with van der Waals surface area (Å²) in [4.78, 5) is 14.2. The lowest BCUT2D eigenvalue weighted by Gasteiger charge is -2.34. The molecular formula is C12H23NO. The number of carbonyl (C=O) groups excluding carboxylic acids is 1. The smallest absolute Gasteiger partial charge is 0.138 e. The Morgan fingerprint density at radius 1 is 1.14 bits per heavy atom. The fourth-order valence-electron chi connectivity index (χ4n) is 2.17. The van der Waals surface area contributed by atoms with E-state index in [2.05, 4.69) is 18.7 Å². The third-order valence-electron chi connectivity index (χ3n) is 3.23. The maximum absolute atomic E-state index is 11.8. The molecule has 0 radical (unpaired) electrons. The number of nitrogens with zero attached hydrogens (tertiary/aromatic N) is 1. The molecule has 0 saturated carbocycles. The first kappa shape index (κ1) is 11.7. The molecule has 0 amide bonds. The molecule has 2 heteroatoms. The predicted molar refractivity (Wildman–Crippen MR) is 59.3 cm³/mol. The van der Waals surface area contributed by atoms with Crippen molar-refractivity contribution in [3.8, 4) is 0 Å². The van der Waals surface area contributed by atoms with Crippen LogP contribution >= 0.6 is 0 Å². The van der Waals surface area contributed by atoms with E-state index in [1.165, 1.54) is 0 Å². The van der Waals surface area contributed by atoms with Gasteiger partial charge in [0, 0.05) is 17.9 Å². The summed E-state index contributed by atoms with van der Waals surface area (Å²) in [5, 5.41) is 0. The van der Waals surface area contributed by atoms with E-state index in [1.807, 2.05) is 13.8 Å². The Bertz CT molecular complexity index is 190. The predicted octanol–water partition coefficient (Wildman–Crippen LogP) is 2.33. The second kappa shape index (κ2) is 4.92. The summed E-state index contributed by atoms with van der Waals surface area (Å²) in [5.41, 5.74) is 0. The van der Waals surface area contributed by atoms with Crippen LogP contribution in [-0.4, -0.2) is 29.8 Å². The molecule has 1 heterocycles. The molecule has 0 spiro atoms. The topological polar surface area (TPSA) is 20.3 Å². The molecule has 1 saturated heterocycles. The van der Waals surface area contributed by atoms with E-state index in [9.17, 15) is 4.79 Å². The Labute approximate surface area is 87.7 Å². The molecule has 0 bridgehead atoms. The van der Waals surface area contributed by atoms with E-state index in [0.717, 1.165) is 25.9 Å². The van der Waals surface area contributed by atoms with Crippen molar-refractivity contribution < 1.29 is 4.79 Å². The lowest BCUT2D eigenvalue weighted by atomic mass is 9.87. The van der Waals surface area contributed by atoms with E-state index < -0.39 is 0 Å². The molecule has 2 nitrogen and oxygen atoms in total. The van der Waals surface area contributed by atoms with Crippen LogP contribution in [0.3, 0.4) is 0 Å². The zero-order chi connectivity index (χ0) is 10.7. The summed E-state index contributed by atoms with van der Waals surface area (Å²) in [7, 11) is 0. The van der Waals surface area contributed by atoms with Gasteiger partial charge in [0.15, 0.2) is 0 Å². The van der Waals surface area contributed by atoms with Gasteiger partial charge in [0.05, 0.1) is 0 Å². The van der Waals surface area contributed by atoms with Crippen molar-refractivity contribution >= 4 is 5.78 Å². The van der Waals surface area contributed by atoms with Gasteiger partial charge in [0.2, 0.25) is 0 Å². The standard InChI is InChI=1S/C12H23NO/c1-9(2)12(14)11-5-7-13(8-6-11)10(3)4/h9-11H,5-8H2,1-4H3. The van der Waals surface area contributed by atoms with E-state index in [0.29, 0.717) is 17.7 Å². The van der Waals surface area contributed by atoms with E-state index >= 15 is 0 Å². The average molecular weight is 197 g/mol. The van der Waals surface area contributed by atoms with Gasteiger partial charge < -0.3 is 4.90 Å². The highest BCUT2D eigenvalue weighted by Gasteiger charge is 2.26. The summed E-state index contributed by atoms with van der Waals surface area (Å²) in [6.07, 6.45) is 2.13. The van der Waals surface area contributed by atoms with Crippen LogP contribution in [0.15, 0.2) is 0 Å². The largest absolute Gasteiger partial charge is 0.301 e. The average Bonchev–Trinajstić information content (AvgIpc) is 2.16. The van der Waals surface area contributed by atoms with Crippen molar-refractivity contribution in [3.63, 3.8) is 0 Å². The molecule has 14 heavy (non-hydrogen) atoms. The first-order chi connectivity index (χ1) is 6.52. The van der Waals surface area contributed by atoms with Gasteiger partial charge >= 0.3 is 0 Å². The fourth-order valence-corrected chi connectivity index (χ4v) is 2.17. The van der Waals surface area contributed by atoms with Crippen molar-refractivity contribution in [2.45, 2.75) is 46.6 Å².